The fourth-order valence-corrected chi connectivity index (χ4v) is 4.17. The SMILES string of the molecule is CCCC(NCC)C(CC)S(=O)c1ccc(Br)cc1. The molecule has 0 saturated heterocycles. The van der Waals surface area contributed by atoms with Gasteiger partial charge in [-0.2, -0.15) is 0 Å². The summed E-state index contributed by atoms with van der Waals surface area (Å²) in [6, 6.07) is 8.17. The fourth-order valence-electron chi connectivity index (χ4n) is 2.32. The van der Waals surface area contributed by atoms with Crippen LogP contribution in [0.4, 0.5) is 0 Å². The number of hydrogen-bond donors (Lipinski definition) is 1. The average molecular weight is 346 g/mol. The van der Waals surface area contributed by atoms with Crippen LogP contribution in [0, 0.1) is 0 Å². The smallest absolute Gasteiger partial charge is 0.0576 e. The molecule has 1 aromatic carbocycles. The molecule has 0 aliphatic heterocycles. The van der Waals surface area contributed by atoms with E-state index in [1.165, 1.54) is 0 Å². The lowest BCUT2D eigenvalue weighted by molar-refractivity contribution is 0.458. The second-order valence-electron chi connectivity index (χ2n) is 4.65. The Morgan fingerprint density at radius 1 is 1.21 bits per heavy atom. The van der Waals surface area contributed by atoms with Crippen LogP contribution in [0.15, 0.2) is 33.6 Å². The summed E-state index contributed by atoms with van der Waals surface area (Å²) in [7, 11) is -0.946. The first-order chi connectivity index (χ1) is 9.13. The maximum atomic E-state index is 12.7. The molecule has 0 aliphatic rings. The van der Waals surface area contributed by atoms with Gasteiger partial charge in [0.2, 0.25) is 0 Å². The van der Waals surface area contributed by atoms with Crippen molar-refractivity contribution in [3.05, 3.63) is 28.7 Å². The molecule has 0 amide bonds. The van der Waals surface area contributed by atoms with Crippen LogP contribution in [0.25, 0.3) is 0 Å². The lowest BCUT2D eigenvalue weighted by atomic mass is 10.1. The molecule has 0 radical (unpaired) electrons. The standard InChI is InChI=1S/C15H24BrNOS/c1-4-7-14(17-6-3)15(5-2)19(18)13-10-8-12(16)9-11-13/h8-11,14-15,17H,4-7H2,1-3H3. The number of benzene rings is 1. The molecule has 0 aromatic heterocycles. The third-order valence-electron chi connectivity index (χ3n) is 3.24. The first kappa shape index (κ1) is 16.9. The highest BCUT2D eigenvalue weighted by molar-refractivity contribution is 9.10. The van der Waals surface area contributed by atoms with Crippen LogP contribution < -0.4 is 5.32 Å². The molecule has 2 nitrogen and oxygen atoms in total. The van der Waals surface area contributed by atoms with Crippen LogP contribution >= 0.6 is 15.9 Å². The second-order valence-corrected chi connectivity index (χ2v) is 7.24. The lowest BCUT2D eigenvalue weighted by Gasteiger charge is -2.26. The maximum Gasteiger partial charge on any atom is 0.0576 e. The van der Waals surface area contributed by atoms with Crippen LogP contribution in [0.1, 0.15) is 40.0 Å². The summed E-state index contributed by atoms with van der Waals surface area (Å²) < 4.78 is 13.8. The van der Waals surface area contributed by atoms with E-state index in [4.69, 9.17) is 0 Å². The highest BCUT2D eigenvalue weighted by atomic mass is 79.9. The summed E-state index contributed by atoms with van der Waals surface area (Å²) in [6.45, 7) is 7.34. The average Bonchev–Trinajstić information content (AvgIpc) is 2.40. The number of halogens is 1. The molecule has 0 spiro atoms. The summed E-state index contributed by atoms with van der Waals surface area (Å²) in [5.41, 5.74) is 0. The Morgan fingerprint density at radius 3 is 2.32 bits per heavy atom. The van der Waals surface area contributed by atoms with Gasteiger partial charge in [-0.05, 0) is 43.7 Å². The lowest BCUT2D eigenvalue weighted by Crippen LogP contribution is -2.41. The third-order valence-corrected chi connectivity index (χ3v) is 5.72. The molecule has 1 rings (SSSR count). The van der Waals surface area contributed by atoms with E-state index in [-0.39, 0.29) is 5.25 Å². The third kappa shape index (κ3) is 5.01. The summed E-state index contributed by atoms with van der Waals surface area (Å²) in [4.78, 5) is 0.925. The van der Waals surface area contributed by atoms with Gasteiger partial charge in [0.1, 0.15) is 0 Å². The monoisotopic (exact) mass is 345 g/mol. The molecule has 0 heterocycles. The molecule has 0 fully saturated rings. The zero-order valence-corrected chi connectivity index (χ0v) is 14.4. The summed E-state index contributed by atoms with van der Waals surface area (Å²) in [5.74, 6) is 0. The van der Waals surface area contributed by atoms with Gasteiger partial charge in [0.25, 0.3) is 0 Å². The van der Waals surface area contributed by atoms with Crippen molar-refractivity contribution in [2.45, 2.75) is 56.2 Å². The van der Waals surface area contributed by atoms with Gasteiger partial charge in [-0.25, -0.2) is 0 Å². The molecule has 1 aromatic rings. The van der Waals surface area contributed by atoms with Crippen molar-refractivity contribution >= 4 is 26.7 Å². The van der Waals surface area contributed by atoms with E-state index in [0.29, 0.717) is 6.04 Å². The van der Waals surface area contributed by atoms with Crippen molar-refractivity contribution in [3.8, 4) is 0 Å². The molecule has 4 heteroatoms. The van der Waals surface area contributed by atoms with Crippen molar-refractivity contribution in [2.75, 3.05) is 6.54 Å². The van der Waals surface area contributed by atoms with Gasteiger partial charge in [-0.3, -0.25) is 4.21 Å². The molecule has 0 aliphatic carbocycles. The summed E-state index contributed by atoms with van der Waals surface area (Å²) in [6.07, 6.45) is 3.13. The van der Waals surface area contributed by atoms with Gasteiger partial charge in [0, 0.05) is 15.4 Å². The van der Waals surface area contributed by atoms with E-state index in [1.54, 1.807) is 0 Å². The maximum absolute atomic E-state index is 12.7. The topological polar surface area (TPSA) is 29.1 Å². The van der Waals surface area contributed by atoms with Crippen LogP contribution in [0.5, 0.6) is 0 Å². The van der Waals surface area contributed by atoms with Gasteiger partial charge in [-0.1, -0.05) is 43.1 Å². The van der Waals surface area contributed by atoms with E-state index < -0.39 is 10.8 Å². The highest BCUT2D eigenvalue weighted by Crippen LogP contribution is 2.21. The summed E-state index contributed by atoms with van der Waals surface area (Å²) >= 11 is 3.42. The zero-order valence-electron chi connectivity index (χ0n) is 12.0. The van der Waals surface area contributed by atoms with Crippen LogP contribution in [-0.4, -0.2) is 22.0 Å². The molecular weight excluding hydrogens is 322 g/mol. The van der Waals surface area contributed by atoms with E-state index in [9.17, 15) is 4.21 Å². The predicted octanol–water partition coefficient (Wildman–Crippen LogP) is 4.11. The molecule has 3 atom stereocenters. The van der Waals surface area contributed by atoms with Gasteiger partial charge in [-0.15, -0.1) is 0 Å². The highest BCUT2D eigenvalue weighted by Gasteiger charge is 2.25. The second kappa shape index (κ2) is 8.88. The Labute approximate surface area is 128 Å². The Kier molecular flexibility index (Phi) is 7.88. The quantitative estimate of drug-likeness (QED) is 0.767. The molecule has 3 unspecified atom stereocenters. The van der Waals surface area contributed by atoms with Crippen molar-refractivity contribution in [2.24, 2.45) is 0 Å². The van der Waals surface area contributed by atoms with Crippen molar-refractivity contribution in [3.63, 3.8) is 0 Å². The first-order valence-electron chi connectivity index (χ1n) is 7.03. The van der Waals surface area contributed by atoms with Crippen LogP contribution in [0.2, 0.25) is 0 Å². The Hall–Kier alpha value is -0.190. The van der Waals surface area contributed by atoms with E-state index >= 15 is 0 Å². The van der Waals surface area contributed by atoms with Crippen LogP contribution in [-0.2, 0) is 10.8 Å². The van der Waals surface area contributed by atoms with Gasteiger partial charge in [0.05, 0.1) is 16.0 Å². The minimum absolute atomic E-state index is 0.182. The van der Waals surface area contributed by atoms with Gasteiger partial charge in [0.15, 0.2) is 0 Å². The van der Waals surface area contributed by atoms with Crippen molar-refractivity contribution in [1.29, 1.82) is 0 Å². The Morgan fingerprint density at radius 2 is 1.84 bits per heavy atom. The number of hydrogen-bond acceptors (Lipinski definition) is 2. The first-order valence-corrected chi connectivity index (χ1v) is 9.04. The van der Waals surface area contributed by atoms with Gasteiger partial charge < -0.3 is 5.32 Å². The van der Waals surface area contributed by atoms with E-state index in [0.717, 1.165) is 35.2 Å². The van der Waals surface area contributed by atoms with E-state index in [2.05, 4.69) is 42.0 Å². The minimum Gasteiger partial charge on any atom is -0.313 e. The largest absolute Gasteiger partial charge is 0.313 e. The zero-order chi connectivity index (χ0) is 14.3. The van der Waals surface area contributed by atoms with Gasteiger partial charge >= 0.3 is 0 Å². The molecule has 19 heavy (non-hydrogen) atoms. The van der Waals surface area contributed by atoms with Crippen molar-refractivity contribution in [1.82, 2.24) is 5.32 Å². The number of nitrogens with one attached hydrogen (secondary N) is 1. The molecule has 1 N–H and O–H groups in total. The Bertz CT molecular complexity index is 388. The number of rotatable bonds is 8. The van der Waals surface area contributed by atoms with Crippen molar-refractivity contribution < 1.29 is 4.21 Å². The molecule has 108 valence electrons. The molecular formula is C15H24BrNOS. The van der Waals surface area contributed by atoms with Crippen LogP contribution in [0.3, 0.4) is 0 Å². The normalized spacial score (nSPS) is 16.0. The Balaban J connectivity index is 2.87. The summed E-state index contributed by atoms with van der Waals surface area (Å²) in [5, 5.41) is 3.68. The fraction of sp³-hybridized carbons (Fsp3) is 0.600. The minimum atomic E-state index is -0.946. The predicted molar refractivity (Wildman–Crippen MR) is 87.0 cm³/mol. The van der Waals surface area contributed by atoms with E-state index in [1.807, 2.05) is 24.3 Å². The molecule has 0 bridgehead atoms. The molecule has 0 saturated carbocycles.